The third-order valence-corrected chi connectivity index (χ3v) is 19.8. The largest absolute Gasteiger partial charge is 2.00 e. The fraction of sp³-hybridized carbons (Fsp3) is 0.256. The van der Waals surface area contributed by atoms with E-state index in [4.69, 9.17) is 0 Å². The average Bonchev–Trinajstić information content (AvgIpc) is 0.684. The normalized spacial score (nSPS) is 11.4. The number of anilines is 2. The standard InChI is InChI=1S/2C24BF20.2C15H28N4.2Cu.2H2O/c2*26-5-1(6(27)14(35)21(42)13(5)34)25(2-7(28)15(36)22(43)16(37)8(2)29,3-9(30)17(38)23(44)18(39)10(3)31)4-11(32)19(40)24(45)20(41)12(4)33;2*1-17(2)10-6-11-19(5)12-8-14-13-15(18(3)4)7-9-16-14;;;;/h;;2*7,9,13H,6,8,10-12H2,1-5H3;;;2*1H2/q2*-1;;;2*+2;;/p-2. The Balaban J connectivity index is 0.000000482. The Labute approximate surface area is 740 Å². The van der Waals surface area contributed by atoms with E-state index in [1.807, 2.05) is 24.5 Å². The molecule has 54 heteroatoms. The van der Waals surface area contributed by atoms with Crippen molar-refractivity contribution in [3.63, 3.8) is 0 Å². The van der Waals surface area contributed by atoms with Crippen molar-refractivity contribution in [2.45, 2.75) is 25.7 Å². The van der Waals surface area contributed by atoms with E-state index in [1.54, 1.807) is 0 Å². The van der Waals surface area contributed by atoms with Gasteiger partial charge in [0.15, 0.2) is 140 Å². The van der Waals surface area contributed by atoms with E-state index in [0.29, 0.717) is 0 Å². The van der Waals surface area contributed by atoms with Gasteiger partial charge in [-0.2, -0.15) is 0 Å². The van der Waals surface area contributed by atoms with Gasteiger partial charge in [-0.3, -0.25) is 9.97 Å². The molecule has 0 aliphatic heterocycles. The van der Waals surface area contributed by atoms with Crippen molar-refractivity contribution in [2.75, 3.05) is 120 Å². The number of halogens is 40. The SMILES string of the molecule is CN(C)CCCN(C)CCc1cc(N(C)C)ccn1.CN(C)CCCN(C)CCc1cc(N(C)C)ccn1.Fc1c(F)c(F)c([B-](c2c(F)c(F)c(F)c(F)c2F)(c2c(F)c(F)c(F)c(F)c2F)c2c(F)c(F)c(F)c(F)c2F)c(F)c1F.Fc1c(F)c(F)c([B-](c2c(F)c(F)c(F)c(F)c2F)(c2c(F)c(F)c(F)c(F)c2F)c2c(F)c(F)c(F)c(F)c2F)c(F)c1F.[Cu+2].[Cu+2].[OH-].[OH-]. The van der Waals surface area contributed by atoms with Crippen LogP contribution < -0.4 is 53.5 Å². The van der Waals surface area contributed by atoms with Crippen LogP contribution in [0.4, 0.5) is 187 Å². The van der Waals surface area contributed by atoms with Crippen LogP contribution in [0, 0.1) is 233 Å². The van der Waals surface area contributed by atoms with Crippen molar-refractivity contribution in [1.29, 1.82) is 0 Å². The molecule has 0 saturated carbocycles. The van der Waals surface area contributed by atoms with Gasteiger partial charge < -0.3 is 40.4 Å². The van der Waals surface area contributed by atoms with Crippen molar-refractivity contribution in [2.24, 2.45) is 0 Å². The maximum atomic E-state index is 15.4. The van der Waals surface area contributed by atoms with Crippen molar-refractivity contribution in [1.82, 2.24) is 29.6 Å². The van der Waals surface area contributed by atoms with Crippen molar-refractivity contribution in [3.8, 4) is 0 Å². The van der Waals surface area contributed by atoms with Gasteiger partial charge in [-0.15, -0.1) is 43.7 Å². The van der Waals surface area contributed by atoms with Crippen LogP contribution in [-0.4, -0.2) is 163 Å². The van der Waals surface area contributed by atoms with E-state index >= 15 is 70.2 Å². The minimum atomic E-state index is -7.22. The Morgan fingerprint density at radius 2 is 0.341 bits per heavy atom. The maximum Gasteiger partial charge on any atom is 2.00 e. The summed E-state index contributed by atoms with van der Waals surface area (Å²) in [6.07, 6.45) is -6.17. The van der Waals surface area contributed by atoms with Crippen molar-refractivity contribution < 1.29 is 221 Å². The van der Waals surface area contributed by atoms with E-state index in [1.165, 1.54) is 35.6 Å². The molecule has 132 heavy (non-hydrogen) atoms. The Morgan fingerprint density at radius 3 is 0.470 bits per heavy atom. The van der Waals surface area contributed by atoms with E-state index in [9.17, 15) is 105 Å². The molecule has 10 aromatic rings. The summed E-state index contributed by atoms with van der Waals surface area (Å²) in [6, 6.07) is 8.44. The van der Waals surface area contributed by atoms with Crippen LogP contribution in [0.2, 0.25) is 0 Å². The molecule has 0 saturated heterocycles. The molecule has 730 valence electrons. The molecule has 0 spiro atoms. The maximum absolute atomic E-state index is 15.4. The van der Waals surface area contributed by atoms with E-state index in [2.05, 4.69) is 122 Å². The number of pyridine rings is 2. The van der Waals surface area contributed by atoms with Crippen LogP contribution in [0.15, 0.2) is 36.7 Å². The molecule has 10 rings (SSSR count). The molecule has 0 unspecified atom stereocenters. The van der Waals surface area contributed by atoms with Crippen LogP contribution in [0.3, 0.4) is 0 Å². The van der Waals surface area contributed by atoms with Gasteiger partial charge in [0.1, 0.15) is 105 Å². The molecule has 8 aromatic carbocycles. The summed E-state index contributed by atoms with van der Waals surface area (Å²) in [5.74, 6) is -143. The molecule has 0 aliphatic rings. The number of nitrogens with zero attached hydrogens (tertiary/aromatic N) is 8. The minimum Gasteiger partial charge on any atom is -0.870 e. The number of hydrogen-bond acceptors (Lipinski definition) is 10. The first-order valence-corrected chi connectivity index (χ1v) is 35.8. The first-order chi connectivity index (χ1) is 59.4. The van der Waals surface area contributed by atoms with Crippen molar-refractivity contribution >= 4 is 67.4 Å². The van der Waals surface area contributed by atoms with Gasteiger partial charge in [0.2, 0.25) is 0 Å². The Hall–Kier alpha value is -10.2. The summed E-state index contributed by atoms with van der Waals surface area (Å²) in [5.41, 5.74) is -23.9. The van der Waals surface area contributed by atoms with Gasteiger partial charge in [-0.05, 0) is 106 Å². The van der Waals surface area contributed by atoms with E-state index < -0.39 is 289 Å². The quantitative estimate of drug-likeness (QED) is 0.0251. The second kappa shape index (κ2) is 46.2. The monoisotopic (exact) mass is 2050 g/mol. The number of aromatic nitrogens is 2. The first kappa shape index (κ1) is 116. The Bertz CT molecular complexity index is 4800. The third kappa shape index (κ3) is 21.6. The number of hydrogen-bond donors (Lipinski definition) is 0. The van der Waals surface area contributed by atoms with Crippen LogP contribution in [0.5, 0.6) is 0 Å². The van der Waals surface area contributed by atoms with Gasteiger partial charge in [-0.25, -0.2) is 176 Å². The van der Waals surface area contributed by atoms with Gasteiger partial charge in [0.25, 0.3) is 0 Å². The molecule has 2 aromatic heterocycles. The molecule has 10 nitrogen and oxygen atoms in total. The fourth-order valence-electron chi connectivity index (χ4n) is 13.7. The zero-order valence-electron chi connectivity index (χ0n) is 67.9. The Morgan fingerprint density at radius 1 is 0.205 bits per heavy atom. The summed E-state index contributed by atoms with van der Waals surface area (Å²) in [6.45, 7) is 6.73. The average molecular weight is 2050 g/mol. The van der Waals surface area contributed by atoms with Crippen LogP contribution in [-0.2, 0) is 47.0 Å². The minimum absolute atomic E-state index is 0. The molecule has 0 bridgehead atoms. The number of benzene rings is 8. The Kier molecular flexibility index (Phi) is 40.5. The molecule has 2 radical (unpaired) electrons. The second-order valence-corrected chi connectivity index (χ2v) is 28.8. The molecular weight excluding hydrogens is 1990 g/mol. The van der Waals surface area contributed by atoms with Gasteiger partial charge >= 0.3 is 34.1 Å². The van der Waals surface area contributed by atoms with Gasteiger partial charge in [0, 0.05) is 89.3 Å². The summed E-state index contributed by atoms with van der Waals surface area (Å²) >= 11 is 0. The fourth-order valence-corrected chi connectivity index (χ4v) is 13.7. The summed E-state index contributed by atoms with van der Waals surface area (Å²) < 4.78 is 588. The zero-order chi connectivity index (χ0) is 97.2. The van der Waals surface area contributed by atoms with Crippen LogP contribution >= 0.6 is 0 Å². The molecule has 0 amide bonds. The van der Waals surface area contributed by atoms with Gasteiger partial charge in [0.05, 0.1) is 0 Å². The predicted octanol–water partition coefficient (Wildman–Crippen LogP) is 14.5. The third-order valence-electron chi connectivity index (χ3n) is 19.8. The number of rotatable bonds is 24. The molecule has 0 aliphatic carbocycles. The predicted molar refractivity (Wildman–Crippen MR) is 388 cm³/mol. The smallest absolute Gasteiger partial charge is 0.870 e. The summed E-state index contributed by atoms with van der Waals surface area (Å²) in [4.78, 5) is 22.3. The van der Waals surface area contributed by atoms with Crippen LogP contribution in [0.25, 0.3) is 0 Å². The van der Waals surface area contributed by atoms with E-state index in [0.717, 1.165) is 52.1 Å². The topological polar surface area (TPSA) is 105 Å². The molecular formula is C78H58B2Cu2F40N8O2. The first-order valence-electron chi connectivity index (χ1n) is 35.8. The summed E-state index contributed by atoms with van der Waals surface area (Å²) in [7, 11) is 21.1. The molecule has 2 heterocycles. The van der Waals surface area contributed by atoms with Crippen molar-refractivity contribution in [3.05, 3.63) is 281 Å². The molecule has 2 N–H and O–H groups in total. The summed E-state index contributed by atoms with van der Waals surface area (Å²) in [5, 5.41) is 0. The zero-order valence-corrected chi connectivity index (χ0v) is 69.8. The molecule has 0 atom stereocenters. The second-order valence-electron chi connectivity index (χ2n) is 28.8. The van der Waals surface area contributed by atoms with E-state index in [-0.39, 0.29) is 45.1 Å². The number of likely N-dealkylation sites (N-methyl/N-ethyl adjacent to an activating group) is 2. The van der Waals surface area contributed by atoms with Gasteiger partial charge in [-0.1, -0.05) is 0 Å². The molecule has 0 fully saturated rings. The van der Waals surface area contributed by atoms with Crippen LogP contribution in [0.1, 0.15) is 24.2 Å².